The second kappa shape index (κ2) is 8.19. The molecule has 154 valence electrons. The van der Waals surface area contributed by atoms with E-state index < -0.39 is 6.29 Å². The molecule has 1 heterocycles. The summed E-state index contributed by atoms with van der Waals surface area (Å²) in [6.07, 6.45) is 0.245. The molecule has 1 aliphatic heterocycles. The van der Waals surface area contributed by atoms with E-state index in [-0.39, 0.29) is 0 Å². The summed E-state index contributed by atoms with van der Waals surface area (Å²) in [5.41, 5.74) is 5.63. The lowest BCUT2D eigenvalue weighted by Gasteiger charge is -2.24. The van der Waals surface area contributed by atoms with Gasteiger partial charge in [-0.15, -0.1) is 0 Å². The van der Waals surface area contributed by atoms with Gasteiger partial charge in [0.15, 0.2) is 0 Å². The number of hydrogen-bond acceptors (Lipinski definition) is 3. The van der Waals surface area contributed by atoms with E-state index >= 15 is 0 Å². The Bertz CT molecular complexity index is 1150. The summed E-state index contributed by atoms with van der Waals surface area (Å²) >= 11 is 0. The van der Waals surface area contributed by atoms with Crippen molar-refractivity contribution in [1.29, 1.82) is 0 Å². The molecule has 0 unspecified atom stereocenters. The lowest BCUT2D eigenvalue weighted by Crippen LogP contribution is -2.16. The van der Waals surface area contributed by atoms with Gasteiger partial charge in [0, 0.05) is 12.0 Å². The van der Waals surface area contributed by atoms with Crippen LogP contribution in [-0.4, -0.2) is 0 Å². The highest BCUT2D eigenvalue weighted by Gasteiger charge is 2.21. The molecule has 0 radical (unpaired) electrons. The fourth-order valence-corrected chi connectivity index (χ4v) is 3.70. The van der Waals surface area contributed by atoms with Crippen LogP contribution in [-0.2, 0) is 6.42 Å². The third kappa shape index (κ3) is 4.26. The summed E-state index contributed by atoms with van der Waals surface area (Å²) in [6, 6.07) is 30.3. The van der Waals surface area contributed by atoms with E-state index in [0.717, 1.165) is 40.5 Å². The first-order valence-corrected chi connectivity index (χ1v) is 10.5. The summed E-state index contributed by atoms with van der Waals surface area (Å²) < 4.78 is 18.7. The topological polar surface area (TPSA) is 27.7 Å². The minimum atomic E-state index is -0.576. The SMILES string of the molecule is Cc1ccc(OC(Oc2ccc(C)cc2)c2ccc3c(c2)Cc2ccccc2O3)cc1. The molecular formula is C28H24O3. The predicted molar refractivity (Wildman–Crippen MR) is 122 cm³/mol. The number of ether oxygens (including phenoxy) is 3. The van der Waals surface area contributed by atoms with Gasteiger partial charge in [-0.25, -0.2) is 0 Å². The Morgan fingerprint density at radius 2 is 1.23 bits per heavy atom. The zero-order valence-corrected chi connectivity index (χ0v) is 17.7. The highest BCUT2D eigenvalue weighted by atomic mass is 16.7. The third-order valence-corrected chi connectivity index (χ3v) is 5.46. The molecule has 4 aromatic carbocycles. The van der Waals surface area contributed by atoms with Gasteiger partial charge in [0.1, 0.15) is 23.0 Å². The molecular weight excluding hydrogens is 384 g/mol. The number of rotatable bonds is 5. The van der Waals surface area contributed by atoms with Crippen LogP contribution in [0.15, 0.2) is 91.0 Å². The van der Waals surface area contributed by atoms with Gasteiger partial charge in [-0.1, -0.05) is 53.6 Å². The van der Waals surface area contributed by atoms with Crippen molar-refractivity contribution in [2.75, 3.05) is 0 Å². The molecule has 0 fully saturated rings. The highest BCUT2D eigenvalue weighted by Crippen LogP contribution is 2.38. The number of fused-ring (bicyclic) bond motifs is 2. The fraction of sp³-hybridized carbons (Fsp3) is 0.143. The molecule has 4 aromatic rings. The van der Waals surface area contributed by atoms with Crippen LogP contribution in [0.3, 0.4) is 0 Å². The Hall–Kier alpha value is -3.72. The van der Waals surface area contributed by atoms with E-state index in [9.17, 15) is 0 Å². The molecule has 0 aromatic heterocycles. The zero-order chi connectivity index (χ0) is 21.2. The molecule has 5 rings (SSSR count). The van der Waals surface area contributed by atoms with Gasteiger partial charge in [-0.05, 0) is 73.5 Å². The standard InChI is InChI=1S/C28H24O3/c1-19-7-12-24(13-8-19)29-28(30-25-14-9-20(2)10-15-25)22-11-16-27-23(18-22)17-21-5-3-4-6-26(21)31-27/h3-16,18,28H,17H2,1-2H3. The Morgan fingerprint density at radius 1 is 0.645 bits per heavy atom. The van der Waals surface area contributed by atoms with Gasteiger partial charge in [-0.2, -0.15) is 0 Å². The van der Waals surface area contributed by atoms with Gasteiger partial charge >= 0.3 is 0 Å². The minimum absolute atomic E-state index is 0.576. The van der Waals surface area contributed by atoms with Crippen molar-refractivity contribution in [2.24, 2.45) is 0 Å². The van der Waals surface area contributed by atoms with E-state index in [0.29, 0.717) is 0 Å². The van der Waals surface area contributed by atoms with Crippen LogP contribution in [0.1, 0.15) is 34.1 Å². The summed E-state index contributed by atoms with van der Waals surface area (Å²) in [5, 5.41) is 0. The summed E-state index contributed by atoms with van der Waals surface area (Å²) in [7, 11) is 0. The Morgan fingerprint density at radius 3 is 1.87 bits per heavy atom. The minimum Gasteiger partial charge on any atom is -0.457 e. The van der Waals surface area contributed by atoms with Gasteiger partial charge in [0.25, 0.3) is 6.29 Å². The Balaban J connectivity index is 1.47. The average Bonchev–Trinajstić information content (AvgIpc) is 2.79. The molecule has 0 aliphatic carbocycles. The van der Waals surface area contributed by atoms with Crippen LogP contribution in [0.4, 0.5) is 0 Å². The summed E-state index contributed by atoms with van der Waals surface area (Å²) in [4.78, 5) is 0. The van der Waals surface area contributed by atoms with Crippen molar-refractivity contribution in [3.05, 3.63) is 119 Å². The summed E-state index contributed by atoms with van der Waals surface area (Å²) in [6.45, 7) is 4.12. The van der Waals surface area contributed by atoms with E-state index in [4.69, 9.17) is 14.2 Å². The Kier molecular flexibility index (Phi) is 5.09. The maximum absolute atomic E-state index is 6.29. The normalized spacial score (nSPS) is 12.0. The van der Waals surface area contributed by atoms with Gasteiger partial charge in [0.2, 0.25) is 0 Å². The van der Waals surface area contributed by atoms with Crippen LogP contribution in [0.25, 0.3) is 0 Å². The maximum atomic E-state index is 6.29. The van der Waals surface area contributed by atoms with Crippen molar-refractivity contribution in [3.8, 4) is 23.0 Å². The molecule has 3 nitrogen and oxygen atoms in total. The summed E-state index contributed by atoms with van der Waals surface area (Å²) in [5.74, 6) is 3.34. The van der Waals surface area contributed by atoms with Crippen molar-refractivity contribution in [1.82, 2.24) is 0 Å². The van der Waals surface area contributed by atoms with Crippen LogP contribution < -0.4 is 14.2 Å². The number of benzene rings is 4. The quantitative estimate of drug-likeness (QED) is 0.289. The first-order valence-electron chi connectivity index (χ1n) is 10.5. The van der Waals surface area contributed by atoms with Crippen molar-refractivity contribution in [3.63, 3.8) is 0 Å². The molecule has 1 aliphatic rings. The largest absolute Gasteiger partial charge is 0.457 e. The van der Waals surface area contributed by atoms with E-state index in [1.807, 2.05) is 78.9 Å². The molecule has 0 amide bonds. The second-order valence-electron chi connectivity index (χ2n) is 7.95. The molecule has 0 N–H and O–H groups in total. The van der Waals surface area contributed by atoms with Gasteiger partial charge in [0.05, 0.1) is 0 Å². The zero-order valence-electron chi connectivity index (χ0n) is 17.7. The van der Waals surface area contributed by atoms with Crippen molar-refractivity contribution in [2.45, 2.75) is 26.6 Å². The molecule has 0 saturated carbocycles. The van der Waals surface area contributed by atoms with Crippen molar-refractivity contribution >= 4 is 0 Å². The third-order valence-electron chi connectivity index (χ3n) is 5.46. The maximum Gasteiger partial charge on any atom is 0.267 e. The lowest BCUT2D eigenvalue weighted by molar-refractivity contribution is 0.00371. The van der Waals surface area contributed by atoms with Crippen LogP contribution >= 0.6 is 0 Å². The molecule has 0 spiro atoms. The van der Waals surface area contributed by atoms with Crippen LogP contribution in [0, 0.1) is 13.8 Å². The van der Waals surface area contributed by atoms with Gasteiger partial charge < -0.3 is 14.2 Å². The lowest BCUT2D eigenvalue weighted by atomic mass is 9.98. The van der Waals surface area contributed by atoms with Crippen LogP contribution in [0.5, 0.6) is 23.0 Å². The molecule has 0 atom stereocenters. The monoisotopic (exact) mass is 408 g/mol. The predicted octanol–water partition coefficient (Wildman–Crippen LogP) is 7.16. The Labute approximate surface area is 182 Å². The number of hydrogen-bond donors (Lipinski definition) is 0. The molecule has 0 saturated heterocycles. The molecule has 0 bridgehead atoms. The van der Waals surface area contributed by atoms with Gasteiger partial charge in [-0.3, -0.25) is 0 Å². The molecule has 3 heteroatoms. The number of aryl methyl sites for hydroxylation is 2. The fourth-order valence-electron chi connectivity index (χ4n) is 3.70. The first-order chi connectivity index (χ1) is 15.1. The molecule has 31 heavy (non-hydrogen) atoms. The van der Waals surface area contributed by atoms with E-state index in [2.05, 4.69) is 26.0 Å². The second-order valence-corrected chi connectivity index (χ2v) is 7.95. The average molecular weight is 408 g/mol. The highest BCUT2D eigenvalue weighted by molar-refractivity contribution is 5.51. The smallest absolute Gasteiger partial charge is 0.267 e. The van der Waals surface area contributed by atoms with Crippen molar-refractivity contribution < 1.29 is 14.2 Å². The van der Waals surface area contributed by atoms with E-state index in [1.165, 1.54) is 16.7 Å². The first kappa shape index (κ1) is 19.3. The van der Waals surface area contributed by atoms with E-state index in [1.54, 1.807) is 0 Å². The van der Waals surface area contributed by atoms with Crippen LogP contribution in [0.2, 0.25) is 0 Å². The number of para-hydroxylation sites is 1.